The molecule has 1 aliphatic carbocycles. The predicted octanol–water partition coefficient (Wildman–Crippen LogP) is 1.76. The average Bonchev–Trinajstić information content (AvgIpc) is 2.89. The van der Waals surface area contributed by atoms with Crippen molar-refractivity contribution in [3.8, 4) is 5.75 Å². The van der Waals surface area contributed by atoms with Crippen LogP contribution in [0.1, 0.15) is 18.4 Å². The van der Waals surface area contributed by atoms with Gasteiger partial charge < -0.3 is 10.8 Å². The highest BCUT2D eigenvalue weighted by atomic mass is 19.1. The van der Waals surface area contributed by atoms with E-state index in [-0.39, 0.29) is 12.2 Å². The van der Waals surface area contributed by atoms with Crippen LogP contribution in [0.4, 0.5) is 4.39 Å². The zero-order chi connectivity index (χ0) is 10.2. The van der Waals surface area contributed by atoms with Gasteiger partial charge in [0.25, 0.3) is 0 Å². The molecule has 0 aromatic heterocycles. The molecule has 0 bridgehead atoms. The van der Waals surface area contributed by atoms with Crippen LogP contribution in [0, 0.1) is 0 Å². The van der Waals surface area contributed by atoms with Gasteiger partial charge in [-0.2, -0.15) is 0 Å². The minimum absolute atomic E-state index is 0.152. The molecule has 2 rings (SSSR count). The van der Waals surface area contributed by atoms with Gasteiger partial charge in [0.15, 0.2) is 0 Å². The summed E-state index contributed by atoms with van der Waals surface area (Å²) in [7, 11) is 0. The third kappa shape index (κ3) is 1.73. The van der Waals surface area contributed by atoms with Crippen LogP contribution in [-0.2, 0) is 6.42 Å². The zero-order valence-electron chi connectivity index (χ0n) is 7.91. The molecule has 1 saturated carbocycles. The Bertz CT molecular complexity index is 336. The van der Waals surface area contributed by atoms with Crippen molar-refractivity contribution in [1.29, 1.82) is 0 Å². The number of halogens is 1. The molecule has 1 unspecified atom stereocenters. The Kier molecular flexibility index (Phi) is 2.19. The minimum Gasteiger partial charge on any atom is -0.508 e. The van der Waals surface area contributed by atoms with Gasteiger partial charge in [-0.25, -0.2) is 4.39 Å². The van der Waals surface area contributed by atoms with E-state index < -0.39 is 11.7 Å². The lowest BCUT2D eigenvalue weighted by Gasteiger charge is -2.15. The second kappa shape index (κ2) is 3.24. The van der Waals surface area contributed by atoms with Crippen LogP contribution >= 0.6 is 0 Å². The van der Waals surface area contributed by atoms with Gasteiger partial charge in [-0.05, 0) is 24.5 Å². The quantitative estimate of drug-likeness (QED) is 0.772. The molecule has 0 aliphatic heterocycles. The fourth-order valence-electron chi connectivity index (χ4n) is 1.54. The van der Waals surface area contributed by atoms with Gasteiger partial charge in [0.1, 0.15) is 11.9 Å². The summed E-state index contributed by atoms with van der Waals surface area (Å²) in [5.74, 6) is 0.152. The van der Waals surface area contributed by atoms with Gasteiger partial charge in [0, 0.05) is 12.0 Å². The van der Waals surface area contributed by atoms with E-state index in [1.807, 2.05) is 0 Å². The molecule has 0 spiro atoms. The first-order valence-electron chi connectivity index (χ1n) is 4.82. The number of hydrogen-bond donors (Lipinski definition) is 2. The molecule has 1 aromatic carbocycles. The topological polar surface area (TPSA) is 46.2 Å². The van der Waals surface area contributed by atoms with E-state index in [1.54, 1.807) is 24.3 Å². The molecular formula is C11H14FNO. The van der Waals surface area contributed by atoms with Crippen molar-refractivity contribution >= 4 is 0 Å². The highest BCUT2D eigenvalue weighted by molar-refractivity contribution is 5.33. The number of benzene rings is 1. The normalized spacial score (nSPS) is 20.4. The Balaban J connectivity index is 2.07. The molecule has 2 nitrogen and oxygen atoms in total. The molecule has 0 heterocycles. The van der Waals surface area contributed by atoms with Crippen molar-refractivity contribution in [2.24, 2.45) is 5.73 Å². The first-order chi connectivity index (χ1) is 6.62. The van der Waals surface area contributed by atoms with E-state index in [0.717, 1.165) is 12.8 Å². The van der Waals surface area contributed by atoms with Gasteiger partial charge in [0.05, 0.1) is 0 Å². The second-order valence-electron chi connectivity index (χ2n) is 4.03. The van der Waals surface area contributed by atoms with E-state index in [2.05, 4.69) is 0 Å². The Morgan fingerprint density at radius 3 is 2.64 bits per heavy atom. The number of hydrogen-bond acceptors (Lipinski definition) is 2. The van der Waals surface area contributed by atoms with E-state index in [9.17, 15) is 9.50 Å². The van der Waals surface area contributed by atoms with Crippen LogP contribution in [-0.4, -0.2) is 16.8 Å². The molecule has 1 aromatic rings. The average molecular weight is 195 g/mol. The monoisotopic (exact) mass is 195 g/mol. The maximum atomic E-state index is 13.6. The summed E-state index contributed by atoms with van der Waals surface area (Å²) < 4.78 is 13.6. The number of aromatic hydroxyl groups is 1. The summed E-state index contributed by atoms with van der Waals surface area (Å²) in [5, 5.41) is 9.44. The number of para-hydroxylation sites is 1. The van der Waals surface area contributed by atoms with Crippen molar-refractivity contribution in [2.45, 2.75) is 31.0 Å². The number of nitrogens with two attached hydrogens (primary N) is 1. The smallest absolute Gasteiger partial charge is 0.122 e. The highest BCUT2D eigenvalue weighted by Crippen LogP contribution is 2.39. The summed E-state index contributed by atoms with van der Waals surface area (Å²) in [6, 6.07) is 6.81. The number of alkyl halides is 1. The Labute approximate surface area is 82.5 Å². The van der Waals surface area contributed by atoms with E-state index >= 15 is 0 Å². The molecule has 1 fully saturated rings. The lowest BCUT2D eigenvalue weighted by molar-refractivity contribution is 0.264. The van der Waals surface area contributed by atoms with Crippen LogP contribution in [0.5, 0.6) is 5.75 Å². The molecule has 1 atom stereocenters. The number of rotatable bonds is 3. The summed E-state index contributed by atoms with van der Waals surface area (Å²) in [4.78, 5) is 0. The van der Waals surface area contributed by atoms with E-state index in [1.165, 1.54) is 0 Å². The maximum absolute atomic E-state index is 13.6. The molecule has 3 heteroatoms. The minimum atomic E-state index is -1.05. The number of phenolic OH excluding ortho intramolecular Hbond substituents is 1. The molecule has 0 radical (unpaired) electrons. The second-order valence-corrected chi connectivity index (χ2v) is 4.03. The molecule has 0 saturated heterocycles. The number of phenols is 1. The Hall–Kier alpha value is -1.09. The zero-order valence-corrected chi connectivity index (χ0v) is 7.91. The van der Waals surface area contributed by atoms with Crippen molar-refractivity contribution < 1.29 is 9.50 Å². The van der Waals surface area contributed by atoms with Crippen LogP contribution in [0.15, 0.2) is 24.3 Å². The summed E-state index contributed by atoms with van der Waals surface area (Å²) in [6.45, 7) is 0. The summed E-state index contributed by atoms with van der Waals surface area (Å²) in [5.41, 5.74) is 5.74. The van der Waals surface area contributed by atoms with E-state index in [0.29, 0.717) is 5.56 Å². The van der Waals surface area contributed by atoms with Crippen LogP contribution in [0.2, 0.25) is 0 Å². The summed E-state index contributed by atoms with van der Waals surface area (Å²) >= 11 is 0. The lowest BCUT2D eigenvalue weighted by atomic mass is 10.0. The third-order valence-electron chi connectivity index (χ3n) is 2.84. The van der Waals surface area contributed by atoms with Gasteiger partial charge in [-0.15, -0.1) is 0 Å². The molecule has 0 amide bonds. The third-order valence-corrected chi connectivity index (χ3v) is 2.84. The van der Waals surface area contributed by atoms with Gasteiger partial charge in [-0.1, -0.05) is 18.2 Å². The van der Waals surface area contributed by atoms with Gasteiger partial charge >= 0.3 is 0 Å². The lowest BCUT2D eigenvalue weighted by Crippen LogP contribution is -2.35. The van der Waals surface area contributed by atoms with Gasteiger partial charge in [-0.3, -0.25) is 0 Å². The largest absolute Gasteiger partial charge is 0.508 e. The van der Waals surface area contributed by atoms with Crippen LogP contribution < -0.4 is 5.73 Å². The molecule has 1 aliphatic rings. The van der Waals surface area contributed by atoms with Crippen molar-refractivity contribution in [1.82, 2.24) is 0 Å². The first kappa shape index (κ1) is 9.46. The van der Waals surface area contributed by atoms with Crippen molar-refractivity contribution in [3.63, 3.8) is 0 Å². The van der Waals surface area contributed by atoms with Crippen molar-refractivity contribution in [3.05, 3.63) is 29.8 Å². The standard InChI is InChI=1S/C11H14FNO/c12-10(11(13)5-6-11)7-8-3-1-2-4-9(8)14/h1-4,10,14H,5-7,13H2. The first-order valence-corrected chi connectivity index (χ1v) is 4.82. The molecule has 76 valence electrons. The summed E-state index contributed by atoms with van der Waals surface area (Å²) in [6.07, 6.45) is 0.669. The van der Waals surface area contributed by atoms with Crippen LogP contribution in [0.3, 0.4) is 0 Å². The van der Waals surface area contributed by atoms with E-state index in [4.69, 9.17) is 5.73 Å². The highest BCUT2D eigenvalue weighted by Gasteiger charge is 2.46. The Morgan fingerprint density at radius 2 is 2.07 bits per heavy atom. The predicted molar refractivity (Wildman–Crippen MR) is 52.9 cm³/mol. The van der Waals surface area contributed by atoms with Crippen LogP contribution in [0.25, 0.3) is 0 Å². The molecule has 3 N–H and O–H groups in total. The van der Waals surface area contributed by atoms with Gasteiger partial charge in [0.2, 0.25) is 0 Å². The fraction of sp³-hybridized carbons (Fsp3) is 0.455. The SMILES string of the molecule is NC1(C(F)Cc2ccccc2O)CC1. The Morgan fingerprint density at radius 1 is 1.43 bits per heavy atom. The molecule has 14 heavy (non-hydrogen) atoms. The fourth-order valence-corrected chi connectivity index (χ4v) is 1.54. The maximum Gasteiger partial charge on any atom is 0.122 e. The van der Waals surface area contributed by atoms with Crippen molar-refractivity contribution in [2.75, 3.05) is 0 Å². The molecular weight excluding hydrogens is 181 g/mol.